The molecule has 0 saturated carbocycles. The molecule has 1 aromatic carbocycles. The molecule has 112 valence electrons. The lowest BCUT2D eigenvalue weighted by Crippen LogP contribution is -2.04. The monoisotopic (exact) mass is 302 g/mol. The van der Waals surface area contributed by atoms with Gasteiger partial charge in [-0.1, -0.05) is 32.9 Å². The second-order valence-electron chi connectivity index (χ2n) is 5.48. The molecular weight excluding hydrogens is 280 g/mol. The van der Waals surface area contributed by atoms with E-state index in [0.29, 0.717) is 16.9 Å². The number of rotatable bonds is 6. The average Bonchev–Trinajstić information content (AvgIpc) is 2.91. The van der Waals surface area contributed by atoms with Gasteiger partial charge in [0, 0.05) is 27.9 Å². The molecule has 0 aliphatic carbocycles. The summed E-state index contributed by atoms with van der Waals surface area (Å²) in [5.41, 5.74) is 2.42. The molecule has 3 nitrogen and oxygen atoms in total. The zero-order valence-electron chi connectivity index (χ0n) is 13.0. The van der Waals surface area contributed by atoms with Crippen LogP contribution in [0.3, 0.4) is 0 Å². The summed E-state index contributed by atoms with van der Waals surface area (Å²) in [6, 6.07) is 8.57. The van der Waals surface area contributed by atoms with Gasteiger partial charge >= 0.3 is 0 Å². The first-order valence-corrected chi connectivity index (χ1v) is 8.24. The van der Waals surface area contributed by atoms with Gasteiger partial charge in [0.15, 0.2) is 6.29 Å². The van der Waals surface area contributed by atoms with E-state index in [-0.39, 0.29) is 0 Å². The van der Waals surface area contributed by atoms with Crippen molar-refractivity contribution >= 4 is 18.0 Å². The number of carbonyl (C=O) groups is 1. The van der Waals surface area contributed by atoms with Gasteiger partial charge in [0.25, 0.3) is 0 Å². The Morgan fingerprint density at radius 2 is 1.90 bits per heavy atom. The van der Waals surface area contributed by atoms with Gasteiger partial charge in [0.1, 0.15) is 5.69 Å². The van der Waals surface area contributed by atoms with Crippen LogP contribution in [0.1, 0.15) is 50.5 Å². The number of aromatic nitrogens is 2. The van der Waals surface area contributed by atoms with Crippen molar-refractivity contribution in [3.8, 4) is 11.3 Å². The second-order valence-corrected chi connectivity index (χ2v) is 7.13. The maximum absolute atomic E-state index is 11.3. The first-order valence-electron chi connectivity index (χ1n) is 7.36. The Kier molecular flexibility index (Phi) is 5.23. The standard InChI is InChI=1S/C17H22N2OS/c1-5-13(4)19-10-15(11-20)17(18-19)14-6-8-16(9-7-14)21-12(2)3/h6-13H,5H2,1-4H3. The molecule has 0 bridgehead atoms. The number of nitrogens with zero attached hydrogens (tertiary/aromatic N) is 2. The van der Waals surface area contributed by atoms with Gasteiger partial charge in [0.2, 0.25) is 0 Å². The molecule has 1 atom stereocenters. The fourth-order valence-corrected chi connectivity index (χ4v) is 2.93. The summed E-state index contributed by atoms with van der Waals surface area (Å²) in [6.45, 7) is 8.58. The summed E-state index contributed by atoms with van der Waals surface area (Å²) in [5.74, 6) is 0. The maximum atomic E-state index is 11.3. The molecule has 1 aromatic heterocycles. The average molecular weight is 302 g/mol. The molecule has 4 heteroatoms. The third-order valence-corrected chi connectivity index (χ3v) is 4.44. The summed E-state index contributed by atoms with van der Waals surface area (Å²) < 4.78 is 1.88. The minimum atomic E-state index is 0.299. The van der Waals surface area contributed by atoms with E-state index >= 15 is 0 Å². The summed E-state index contributed by atoms with van der Waals surface area (Å²) >= 11 is 1.83. The van der Waals surface area contributed by atoms with Crippen LogP contribution in [0.5, 0.6) is 0 Å². The largest absolute Gasteiger partial charge is 0.298 e. The lowest BCUT2D eigenvalue weighted by Gasteiger charge is -2.08. The first kappa shape index (κ1) is 15.8. The van der Waals surface area contributed by atoms with Gasteiger partial charge < -0.3 is 0 Å². The lowest BCUT2D eigenvalue weighted by atomic mass is 10.1. The predicted octanol–water partition coefficient (Wildman–Crippen LogP) is 4.83. The first-order chi connectivity index (χ1) is 10.0. The third kappa shape index (κ3) is 3.76. The Balaban J connectivity index is 2.32. The molecule has 1 unspecified atom stereocenters. The lowest BCUT2D eigenvalue weighted by molar-refractivity contribution is 0.112. The van der Waals surface area contributed by atoms with E-state index in [1.54, 1.807) is 0 Å². The molecule has 0 radical (unpaired) electrons. The highest BCUT2D eigenvalue weighted by atomic mass is 32.2. The molecule has 0 N–H and O–H groups in total. The Morgan fingerprint density at radius 3 is 2.43 bits per heavy atom. The molecule has 0 saturated heterocycles. The highest BCUT2D eigenvalue weighted by Gasteiger charge is 2.13. The highest BCUT2D eigenvalue weighted by molar-refractivity contribution is 7.99. The van der Waals surface area contributed by atoms with Crippen molar-refractivity contribution in [3.63, 3.8) is 0 Å². The van der Waals surface area contributed by atoms with Crippen molar-refractivity contribution in [1.82, 2.24) is 9.78 Å². The van der Waals surface area contributed by atoms with Crippen LogP contribution in [0, 0.1) is 0 Å². The summed E-state index contributed by atoms with van der Waals surface area (Å²) in [4.78, 5) is 12.5. The number of thioether (sulfide) groups is 1. The van der Waals surface area contributed by atoms with E-state index in [4.69, 9.17) is 0 Å². The predicted molar refractivity (Wildman–Crippen MR) is 89.0 cm³/mol. The molecule has 0 fully saturated rings. The minimum absolute atomic E-state index is 0.299. The van der Waals surface area contributed by atoms with Crippen LogP contribution < -0.4 is 0 Å². The molecule has 0 aliphatic heterocycles. The van der Waals surface area contributed by atoms with E-state index in [9.17, 15) is 4.79 Å². The zero-order valence-corrected chi connectivity index (χ0v) is 13.9. The maximum Gasteiger partial charge on any atom is 0.153 e. The van der Waals surface area contributed by atoms with Crippen LogP contribution in [0.2, 0.25) is 0 Å². The molecule has 0 spiro atoms. The van der Waals surface area contributed by atoms with Crippen LogP contribution in [-0.2, 0) is 0 Å². The molecule has 0 amide bonds. The van der Waals surface area contributed by atoms with Gasteiger partial charge in [0.05, 0.1) is 5.56 Å². The normalized spacial score (nSPS) is 12.6. The SMILES string of the molecule is CCC(C)n1cc(C=O)c(-c2ccc(SC(C)C)cc2)n1. The summed E-state index contributed by atoms with van der Waals surface area (Å²) in [6.07, 6.45) is 3.72. The fourth-order valence-electron chi connectivity index (χ4n) is 2.09. The number of hydrogen-bond acceptors (Lipinski definition) is 3. The van der Waals surface area contributed by atoms with Crippen LogP contribution in [0.25, 0.3) is 11.3 Å². The van der Waals surface area contributed by atoms with E-state index in [2.05, 4.69) is 44.9 Å². The molecular formula is C17H22N2OS. The second kappa shape index (κ2) is 6.94. The number of carbonyl (C=O) groups excluding carboxylic acids is 1. The minimum Gasteiger partial charge on any atom is -0.298 e. The molecule has 1 heterocycles. The van der Waals surface area contributed by atoms with Gasteiger partial charge in [-0.2, -0.15) is 5.10 Å². The molecule has 2 rings (SSSR count). The molecule has 0 aliphatic rings. The van der Waals surface area contributed by atoms with Crippen molar-refractivity contribution in [2.75, 3.05) is 0 Å². The van der Waals surface area contributed by atoms with Gasteiger partial charge in [-0.25, -0.2) is 0 Å². The van der Waals surface area contributed by atoms with Gasteiger partial charge in [-0.15, -0.1) is 11.8 Å². The highest BCUT2D eigenvalue weighted by Crippen LogP contribution is 2.28. The van der Waals surface area contributed by atoms with E-state index in [1.807, 2.05) is 34.8 Å². The van der Waals surface area contributed by atoms with Crippen molar-refractivity contribution in [2.24, 2.45) is 0 Å². The van der Waals surface area contributed by atoms with Crippen molar-refractivity contribution in [1.29, 1.82) is 0 Å². The molecule has 2 aromatic rings. The number of aldehydes is 1. The van der Waals surface area contributed by atoms with Gasteiger partial charge in [-0.3, -0.25) is 9.48 Å². The van der Waals surface area contributed by atoms with Crippen molar-refractivity contribution < 1.29 is 4.79 Å². The van der Waals surface area contributed by atoms with Crippen LogP contribution in [0.15, 0.2) is 35.4 Å². The van der Waals surface area contributed by atoms with Crippen LogP contribution in [0.4, 0.5) is 0 Å². The Labute approximate surface area is 130 Å². The number of hydrogen-bond donors (Lipinski definition) is 0. The molecule has 21 heavy (non-hydrogen) atoms. The Morgan fingerprint density at radius 1 is 1.24 bits per heavy atom. The van der Waals surface area contributed by atoms with E-state index in [1.165, 1.54) is 4.90 Å². The Bertz CT molecular complexity index is 602. The van der Waals surface area contributed by atoms with Crippen LogP contribution in [-0.4, -0.2) is 21.3 Å². The van der Waals surface area contributed by atoms with Crippen LogP contribution >= 0.6 is 11.8 Å². The zero-order chi connectivity index (χ0) is 15.4. The number of benzene rings is 1. The van der Waals surface area contributed by atoms with E-state index in [0.717, 1.165) is 24.0 Å². The quantitative estimate of drug-likeness (QED) is 0.566. The van der Waals surface area contributed by atoms with Crippen molar-refractivity contribution in [3.05, 3.63) is 36.0 Å². The van der Waals surface area contributed by atoms with E-state index < -0.39 is 0 Å². The smallest absolute Gasteiger partial charge is 0.153 e. The van der Waals surface area contributed by atoms with Gasteiger partial charge in [-0.05, 0) is 25.5 Å². The topological polar surface area (TPSA) is 34.9 Å². The Hall–Kier alpha value is -1.55. The fraction of sp³-hybridized carbons (Fsp3) is 0.412. The third-order valence-electron chi connectivity index (χ3n) is 3.43. The van der Waals surface area contributed by atoms with Crippen molar-refractivity contribution in [2.45, 2.75) is 50.3 Å². The summed E-state index contributed by atoms with van der Waals surface area (Å²) in [7, 11) is 0. The summed E-state index contributed by atoms with van der Waals surface area (Å²) in [5, 5.41) is 5.15.